The summed E-state index contributed by atoms with van der Waals surface area (Å²) in [5, 5.41) is 29.6. The maximum Gasteiger partial charge on any atom is 0.512 e. The molecular weight excluding hydrogens is 1250 g/mol. The van der Waals surface area contributed by atoms with Crippen molar-refractivity contribution >= 4 is 47.7 Å². The van der Waals surface area contributed by atoms with E-state index in [1.165, 1.54) is 88.6 Å². The SMILES string of the molecule is CC(=O)O[C@@]12CO[C@@H]1C[C@H](C)[C@@]1(C)C(=O)[C@H](O)C3=C(C)[C@@H](OC(=O)[C@H](OC(=O)OCOC(=O)CCC(=O)O[C@H]4CC[C@@]5(C)C(=CC[C@H]6[C@@H]7CC[C@H]([C@H](C)CCCC(C)C)[C@@]7(C)CC[C@@H]65)C4)[C@@H](NC(=O)c4ccccc4)c4ccccc4)C[C@@](O)([C@@H](OC(=O)c4ccccc4)[C@H]21)C3(C)C. The number of Topliss-reactive ketones (excluding diaryl/α,β-unsaturated/α-hetero) is 1. The zero-order chi connectivity index (χ0) is 70.4. The van der Waals surface area contributed by atoms with Gasteiger partial charge in [0, 0.05) is 36.2 Å². The highest BCUT2D eigenvalue weighted by Gasteiger charge is 2.77. The van der Waals surface area contributed by atoms with Crippen LogP contribution in [0.15, 0.2) is 114 Å². The molecule has 2 bridgehead atoms. The number of carbonyl (C=O) groups excluding carboxylic acids is 8. The minimum Gasteiger partial charge on any atom is -0.462 e. The lowest BCUT2D eigenvalue weighted by molar-refractivity contribution is -0.340. The van der Waals surface area contributed by atoms with E-state index in [9.17, 15) is 39.0 Å². The fourth-order valence-corrected chi connectivity index (χ4v) is 19.9. The minimum atomic E-state index is -2.40. The summed E-state index contributed by atoms with van der Waals surface area (Å²) in [6, 6.07) is 22.5. The van der Waals surface area contributed by atoms with Crippen molar-refractivity contribution in [1.29, 1.82) is 0 Å². The third-order valence-electron chi connectivity index (χ3n) is 25.4. The molecule has 5 saturated carbocycles. The van der Waals surface area contributed by atoms with Crippen LogP contribution in [0.1, 0.15) is 205 Å². The molecule has 1 aliphatic heterocycles. The van der Waals surface area contributed by atoms with Gasteiger partial charge in [-0.2, -0.15) is 0 Å². The molecule has 19 nitrogen and oxygen atoms in total. The third-order valence-corrected chi connectivity index (χ3v) is 25.4. The first-order valence-electron chi connectivity index (χ1n) is 35.7. The van der Waals surface area contributed by atoms with E-state index in [4.69, 9.17) is 37.9 Å². The van der Waals surface area contributed by atoms with Crippen molar-refractivity contribution < 1.29 is 86.5 Å². The summed E-state index contributed by atoms with van der Waals surface area (Å²) < 4.78 is 47.7. The first kappa shape index (κ1) is 72.0. The van der Waals surface area contributed by atoms with Gasteiger partial charge in [0.25, 0.3) is 5.91 Å². The van der Waals surface area contributed by atoms with Crippen LogP contribution in [0.4, 0.5) is 4.79 Å². The molecular formula is C79H101NO18. The van der Waals surface area contributed by atoms with E-state index in [-0.39, 0.29) is 58.8 Å². The Morgan fingerprint density at radius 1 is 0.765 bits per heavy atom. The Labute approximate surface area is 576 Å². The number of esters is 5. The van der Waals surface area contributed by atoms with Crippen molar-refractivity contribution in [2.24, 2.45) is 69.0 Å². The van der Waals surface area contributed by atoms with Gasteiger partial charge in [0.15, 0.2) is 11.4 Å². The van der Waals surface area contributed by atoms with Crippen LogP contribution in [0.2, 0.25) is 0 Å². The van der Waals surface area contributed by atoms with Gasteiger partial charge in [-0.1, -0.05) is 160 Å². The number of ketones is 1. The summed E-state index contributed by atoms with van der Waals surface area (Å²) in [7, 11) is 0. The summed E-state index contributed by atoms with van der Waals surface area (Å²) >= 11 is 0. The van der Waals surface area contributed by atoms with Gasteiger partial charge < -0.3 is 53.4 Å². The fourth-order valence-electron chi connectivity index (χ4n) is 19.9. The van der Waals surface area contributed by atoms with Crippen molar-refractivity contribution in [1.82, 2.24) is 5.32 Å². The maximum absolute atomic E-state index is 15.6. The number of allylic oxidation sites excluding steroid dienone is 1. The van der Waals surface area contributed by atoms with Gasteiger partial charge in [-0.15, -0.1) is 0 Å². The van der Waals surface area contributed by atoms with Crippen LogP contribution in [0.5, 0.6) is 0 Å². The van der Waals surface area contributed by atoms with E-state index in [2.05, 4.69) is 46.0 Å². The van der Waals surface area contributed by atoms with Crippen molar-refractivity contribution in [2.45, 2.75) is 226 Å². The molecule has 0 aromatic heterocycles. The average Bonchev–Trinajstić information content (AvgIpc) is 0.764. The molecule has 3 aromatic rings. The minimum absolute atomic E-state index is 0.0447. The predicted octanol–water partition coefficient (Wildman–Crippen LogP) is 12.8. The van der Waals surface area contributed by atoms with E-state index >= 15 is 9.59 Å². The van der Waals surface area contributed by atoms with Gasteiger partial charge in [0.2, 0.25) is 12.9 Å². The van der Waals surface area contributed by atoms with E-state index < -0.39 is 138 Å². The lowest BCUT2D eigenvalue weighted by atomic mass is 9.43. The second-order valence-corrected chi connectivity index (χ2v) is 31.4. The molecule has 1 heterocycles. The highest BCUT2D eigenvalue weighted by molar-refractivity contribution is 5.96. The van der Waals surface area contributed by atoms with Crippen molar-refractivity contribution in [3.63, 3.8) is 0 Å². The Hall–Kier alpha value is -7.22. The number of aliphatic hydroxyl groups is 2. The molecule has 19 atom stereocenters. The van der Waals surface area contributed by atoms with Gasteiger partial charge in [-0.05, 0) is 152 Å². The van der Waals surface area contributed by atoms with Gasteiger partial charge in [0.1, 0.15) is 42.2 Å². The molecule has 7 aliphatic carbocycles. The zero-order valence-corrected chi connectivity index (χ0v) is 58.8. The lowest BCUT2D eigenvalue weighted by Crippen LogP contribution is -2.80. The number of nitrogens with one attached hydrogen (secondary N) is 1. The number of carbonyl (C=O) groups is 8. The molecule has 0 radical (unpaired) electrons. The van der Waals surface area contributed by atoms with Gasteiger partial charge in [-0.25, -0.2) is 14.4 Å². The number of hydrogen-bond acceptors (Lipinski definition) is 18. The Balaban J connectivity index is 0.790. The van der Waals surface area contributed by atoms with Crippen LogP contribution in [0, 0.1) is 69.0 Å². The van der Waals surface area contributed by atoms with Crippen LogP contribution in [-0.2, 0) is 61.9 Å². The summed E-state index contributed by atoms with van der Waals surface area (Å²) in [5.74, 6) is -3.59. The van der Waals surface area contributed by atoms with Crippen LogP contribution >= 0.6 is 0 Å². The number of fused-ring (bicyclic) bond motifs is 10. The van der Waals surface area contributed by atoms with Gasteiger partial charge >= 0.3 is 36.0 Å². The van der Waals surface area contributed by atoms with E-state index in [1.807, 2.05) is 0 Å². The molecule has 8 aliphatic rings. The molecule has 0 unspecified atom stereocenters. The van der Waals surface area contributed by atoms with E-state index in [1.54, 1.807) is 94.4 Å². The molecule has 11 rings (SSSR count). The summed E-state index contributed by atoms with van der Waals surface area (Å²) in [6.45, 7) is 20.2. The maximum atomic E-state index is 15.6. The smallest absolute Gasteiger partial charge is 0.462 e. The number of aliphatic hydroxyl groups excluding tert-OH is 1. The average molecular weight is 1350 g/mol. The quantitative estimate of drug-likeness (QED) is 0.0387. The molecule has 3 aromatic carbocycles. The molecule has 19 heteroatoms. The van der Waals surface area contributed by atoms with Crippen LogP contribution in [-0.4, -0.2) is 119 Å². The largest absolute Gasteiger partial charge is 0.512 e. The van der Waals surface area contributed by atoms with Crippen LogP contribution in [0.25, 0.3) is 0 Å². The molecule has 1 amide bonds. The Morgan fingerprint density at radius 3 is 2.08 bits per heavy atom. The van der Waals surface area contributed by atoms with Crippen molar-refractivity contribution in [2.75, 3.05) is 13.4 Å². The highest BCUT2D eigenvalue weighted by Crippen LogP contribution is 2.69. The Kier molecular flexibility index (Phi) is 20.9. The first-order chi connectivity index (χ1) is 46.5. The number of amides is 1. The third kappa shape index (κ3) is 13.3. The fraction of sp³-hybridized carbons (Fsp3) is 0.620. The zero-order valence-electron chi connectivity index (χ0n) is 58.8. The molecule has 3 N–H and O–H groups in total. The second kappa shape index (κ2) is 28.4. The summed E-state index contributed by atoms with van der Waals surface area (Å²) in [5.41, 5.74) is -5.03. The van der Waals surface area contributed by atoms with Crippen LogP contribution in [0.3, 0.4) is 0 Å². The number of benzene rings is 3. The van der Waals surface area contributed by atoms with Crippen molar-refractivity contribution in [3.05, 3.63) is 130 Å². The normalized spacial score (nSPS) is 34.4. The summed E-state index contributed by atoms with van der Waals surface area (Å²) in [6.07, 6.45) is 3.63. The highest BCUT2D eigenvalue weighted by atomic mass is 16.8. The lowest BCUT2D eigenvalue weighted by Gasteiger charge is -2.68. The number of hydrogen-bond donors (Lipinski definition) is 3. The Bertz CT molecular complexity index is 3550. The monoisotopic (exact) mass is 1350 g/mol. The number of rotatable bonds is 21. The van der Waals surface area contributed by atoms with E-state index in [0.29, 0.717) is 23.7 Å². The van der Waals surface area contributed by atoms with Crippen LogP contribution < -0.4 is 5.32 Å². The molecule has 6 fully saturated rings. The molecule has 530 valence electrons. The van der Waals surface area contributed by atoms with E-state index in [0.717, 1.165) is 42.9 Å². The topological polar surface area (TPSA) is 263 Å². The van der Waals surface area contributed by atoms with Gasteiger partial charge in [-0.3, -0.25) is 24.0 Å². The van der Waals surface area contributed by atoms with Gasteiger partial charge in [0.05, 0.1) is 30.9 Å². The Morgan fingerprint density at radius 2 is 1.43 bits per heavy atom. The summed E-state index contributed by atoms with van der Waals surface area (Å²) in [4.78, 5) is 114. The number of ether oxygens (including phenoxy) is 8. The second-order valence-electron chi connectivity index (χ2n) is 31.4. The van der Waals surface area contributed by atoms with Crippen molar-refractivity contribution in [3.8, 4) is 0 Å². The first-order valence-corrected chi connectivity index (χ1v) is 35.7. The predicted molar refractivity (Wildman–Crippen MR) is 360 cm³/mol. The molecule has 98 heavy (non-hydrogen) atoms. The molecule has 0 spiro atoms. The molecule has 1 saturated heterocycles. The standard InChI is InChI=1S/C79H101NO18/c1-45(2)22-21-23-46(3)56-32-33-57-55-31-30-53-41-54(36-38-75(53,9)58(55)37-39-76(56,57)10)94-62(83)35-34-61(82)92-44-93-73(89)96-66(64(50-24-15-12-16-25-50)80-70(86)51-26-17-13-18-27-51)72(88)95-59-42-79(90)69(97-71(87)52-28-19-14-20-29-52)67-77(11,68(85)65(84)63(48(59)5)74(79,7)8)47(4)40-60-78(67,43-91-60)98-49(6)81/h12-20,24-30,45-47,54-60,64-67,69,84,90H,21-23,31-44H2,1-11H3,(H,80,86)/t46-,47+,54+,55+,56-,57+,58+,59+,60-,64+,65-,66-,67+,69+,75+,76-,77-,78+,79-/m1/s1.